The molecule has 3 aliphatic rings. The number of hydrogen-bond donors (Lipinski definition) is 1. The van der Waals surface area contributed by atoms with Gasteiger partial charge in [-0.3, -0.25) is 4.79 Å². The molecule has 38 heavy (non-hydrogen) atoms. The zero-order valence-electron chi connectivity index (χ0n) is 23.1. The van der Waals surface area contributed by atoms with Crippen LogP contribution >= 0.6 is 0 Å². The predicted molar refractivity (Wildman–Crippen MR) is 141 cm³/mol. The van der Waals surface area contributed by atoms with Crippen LogP contribution in [0, 0.1) is 46.6 Å². The summed E-state index contributed by atoms with van der Waals surface area (Å²) in [7, 11) is 1.81. The van der Waals surface area contributed by atoms with E-state index < -0.39 is 17.2 Å². The first kappa shape index (κ1) is 27.6. The maximum absolute atomic E-state index is 14.4. The van der Waals surface area contributed by atoms with Gasteiger partial charge in [-0.25, -0.2) is 13.5 Å². The summed E-state index contributed by atoms with van der Waals surface area (Å²) in [6.07, 6.45) is 11.1. The Morgan fingerprint density at radius 2 is 2.03 bits per heavy atom. The Kier molecular flexibility index (Phi) is 7.94. The molecule has 0 bridgehead atoms. The van der Waals surface area contributed by atoms with Crippen molar-refractivity contribution in [3.05, 3.63) is 23.8 Å². The van der Waals surface area contributed by atoms with Crippen LogP contribution in [0.2, 0.25) is 0 Å². The number of benzene rings is 1. The zero-order valence-corrected chi connectivity index (χ0v) is 23.1. The Morgan fingerprint density at radius 3 is 2.79 bits per heavy atom. The fourth-order valence-electron chi connectivity index (χ4n) is 8.58. The Morgan fingerprint density at radius 1 is 1.21 bits per heavy atom. The average molecular weight is 532 g/mol. The van der Waals surface area contributed by atoms with E-state index in [1.165, 1.54) is 23.6 Å². The molecule has 0 radical (unpaired) electrons. The molecular formula is C30H43F2N3O3. The highest BCUT2D eigenvalue weighted by molar-refractivity contribution is 5.83. The SMILES string of the molecule is CCCCC1C(C2CCC(C(=O)Cn3nnc4ccc(F)c(F)c43)C2)CCC2CC(C)(O)CCC21COC. The number of methoxy groups -OCH3 is 1. The summed E-state index contributed by atoms with van der Waals surface area (Å²) in [6.45, 7) is 4.90. The van der Waals surface area contributed by atoms with E-state index in [4.69, 9.17) is 4.74 Å². The largest absolute Gasteiger partial charge is 0.390 e. The highest BCUT2D eigenvalue weighted by atomic mass is 19.2. The summed E-state index contributed by atoms with van der Waals surface area (Å²) in [6, 6.07) is 2.42. The molecular weight excluding hydrogens is 488 g/mol. The van der Waals surface area contributed by atoms with E-state index in [9.17, 15) is 18.7 Å². The molecule has 210 valence electrons. The number of rotatable bonds is 9. The number of halogens is 2. The number of carbonyl (C=O) groups excluding carboxylic acids is 1. The molecule has 1 aromatic heterocycles. The van der Waals surface area contributed by atoms with E-state index in [2.05, 4.69) is 17.2 Å². The quantitative estimate of drug-likeness (QED) is 0.423. The lowest BCUT2D eigenvalue weighted by Gasteiger charge is -2.59. The summed E-state index contributed by atoms with van der Waals surface area (Å²) >= 11 is 0. The molecule has 3 aliphatic carbocycles. The van der Waals surface area contributed by atoms with E-state index in [-0.39, 0.29) is 34.7 Å². The summed E-state index contributed by atoms with van der Waals surface area (Å²) in [5.74, 6) is 0.00365. The third kappa shape index (κ3) is 5.03. The van der Waals surface area contributed by atoms with Gasteiger partial charge in [0.15, 0.2) is 17.4 Å². The maximum atomic E-state index is 14.4. The number of hydrogen-bond acceptors (Lipinski definition) is 5. The highest BCUT2D eigenvalue weighted by Crippen LogP contribution is 2.61. The maximum Gasteiger partial charge on any atom is 0.186 e. The lowest BCUT2D eigenvalue weighted by atomic mass is 9.47. The van der Waals surface area contributed by atoms with Crippen molar-refractivity contribution < 1.29 is 23.4 Å². The molecule has 0 saturated heterocycles. The van der Waals surface area contributed by atoms with Gasteiger partial charge < -0.3 is 9.84 Å². The second-order valence-electron chi connectivity index (χ2n) is 12.8. The van der Waals surface area contributed by atoms with Gasteiger partial charge in [-0.05, 0) is 106 Å². The Labute approximate surface area is 224 Å². The van der Waals surface area contributed by atoms with Crippen LogP contribution in [-0.4, -0.2) is 45.2 Å². The van der Waals surface area contributed by atoms with Gasteiger partial charge in [0.05, 0.1) is 12.2 Å². The fourth-order valence-corrected chi connectivity index (χ4v) is 8.58. The van der Waals surface area contributed by atoms with Crippen LogP contribution in [0.4, 0.5) is 8.78 Å². The smallest absolute Gasteiger partial charge is 0.186 e. The van der Waals surface area contributed by atoms with Gasteiger partial charge in [-0.1, -0.05) is 25.0 Å². The third-order valence-electron chi connectivity index (χ3n) is 10.4. The van der Waals surface area contributed by atoms with Crippen LogP contribution in [0.25, 0.3) is 11.0 Å². The minimum absolute atomic E-state index is 0.0297. The molecule has 0 amide bonds. The molecule has 7 atom stereocenters. The topological polar surface area (TPSA) is 77.2 Å². The Bertz CT molecular complexity index is 1150. The van der Waals surface area contributed by atoms with Gasteiger partial charge in [-0.15, -0.1) is 5.10 Å². The van der Waals surface area contributed by atoms with Crippen molar-refractivity contribution in [2.75, 3.05) is 13.7 Å². The van der Waals surface area contributed by atoms with E-state index in [1.54, 1.807) is 0 Å². The van der Waals surface area contributed by atoms with Gasteiger partial charge >= 0.3 is 0 Å². The zero-order chi connectivity index (χ0) is 27.1. The van der Waals surface area contributed by atoms with E-state index in [0.717, 1.165) is 70.5 Å². The second kappa shape index (κ2) is 10.9. The van der Waals surface area contributed by atoms with Gasteiger partial charge in [0, 0.05) is 13.0 Å². The molecule has 5 rings (SSSR count). The summed E-state index contributed by atoms with van der Waals surface area (Å²) in [5.41, 5.74) is -0.284. The number of carbonyl (C=O) groups is 1. The predicted octanol–water partition coefficient (Wildman–Crippen LogP) is 6.10. The van der Waals surface area contributed by atoms with Crippen LogP contribution in [0.3, 0.4) is 0 Å². The molecule has 0 aliphatic heterocycles. The summed E-state index contributed by atoms with van der Waals surface area (Å²) in [4.78, 5) is 13.3. The molecule has 3 fully saturated rings. The number of unbranched alkanes of at least 4 members (excludes halogenated alkanes) is 1. The molecule has 7 unspecified atom stereocenters. The number of aliphatic hydroxyl groups is 1. The lowest BCUT2D eigenvalue weighted by molar-refractivity contribution is -0.152. The summed E-state index contributed by atoms with van der Waals surface area (Å²) < 4.78 is 35.4. The van der Waals surface area contributed by atoms with Crippen LogP contribution in [0.5, 0.6) is 0 Å². The molecule has 1 aromatic carbocycles. The number of ether oxygens (including phenoxy) is 1. The lowest BCUT2D eigenvalue weighted by Crippen LogP contribution is -2.55. The van der Waals surface area contributed by atoms with Gasteiger partial charge in [0.1, 0.15) is 17.6 Å². The standard InChI is InChI=1S/C30H43F2N3O3/c1-4-5-6-23-22(10-9-21-16-29(2,37)13-14-30(21,23)18-38-3)19-7-8-20(15-19)26(36)17-35-28-25(33-34-35)12-11-24(31)27(28)32/h11-12,19-23,37H,4-10,13-18H2,1-3H3. The summed E-state index contributed by atoms with van der Waals surface area (Å²) in [5, 5.41) is 18.8. The number of nitrogens with zero attached hydrogens (tertiary/aromatic N) is 3. The number of Topliss-reactive ketones (excluding diaryl/α,β-unsaturated/α-hetero) is 1. The number of aromatic nitrogens is 3. The first-order valence-corrected chi connectivity index (χ1v) is 14.6. The number of ketones is 1. The average Bonchev–Trinajstić information content (AvgIpc) is 3.53. The van der Waals surface area contributed by atoms with Crippen molar-refractivity contribution in [1.82, 2.24) is 15.0 Å². The minimum atomic E-state index is -1.00. The van der Waals surface area contributed by atoms with Crippen LogP contribution < -0.4 is 0 Å². The molecule has 8 heteroatoms. The van der Waals surface area contributed by atoms with Crippen molar-refractivity contribution >= 4 is 16.8 Å². The number of fused-ring (bicyclic) bond motifs is 2. The van der Waals surface area contributed by atoms with Crippen LogP contribution in [0.15, 0.2) is 12.1 Å². The first-order chi connectivity index (χ1) is 18.2. The molecule has 3 saturated carbocycles. The van der Waals surface area contributed by atoms with Crippen molar-refractivity contribution in [3.8, 4) is 0 Å². The molecule has 1 N–H and O–H groups in total. The van der Waals surface area contributed by atoms with E-state index in [1.807, 2.05) is 14.0 Å². The van der Waals surface area contributed by atoms with Gasteiger partial charge in [0.2, 0.25) is 0 Å². The van der Waals surface area contributed by atoms with Crippen LogP contribution in [0.1, 0.15) is 84.5 Å². The normalized spacial score (nSPS) is 35.5. The molecule has 6 nitrogen and oxygen atoms in total. The molecule has 2 aromatic rings. The van der Waals surface area contributed by atoms with Gasteiger partial charge in [0.25, 0.3) is 0 Å². The first-order valence-electron chi connectivity index (χ1n) is 14.6. The highest BCUT2D eigenvalue weighted by Gasteiger charge is 2.56. The van der Waals surface area contributed by atoms with Crippen molar-refractivity contribution in [1.29, 1.82) is 0 Å². The molecule has 0 spiro atoms. The fraction of sp³-hybridized carbons (Fsp3) is 0.767. The second-order valence-corrected chi connectivity index (χ2v) is 12.8. The molecule has 1 heterocycles. The van der Waals surface area contributed by atoms with Crippen molar-refractivity contribution in [3.63, 3.8) is 0 Å². The van der Waals surface area contributed by atoms with E-state index >= 15 is 0 Å². The Balaban J connectivity index is 1.33. The monoisotopic (exact) mass is 531 g/mol. The minimum Gasteiger partial charge on any atom is -0.390 e. The third-order valence-corrected chi connectivity index (χ3v) is 10.4. The Hall–Kier alpha value is -1.93. The van der Waals surface area contributed by atoms with E-state index in [0.29, 0.717) is 23.7 Å². The van der Waals surface area contributed by atoms with Crippen LogP contribution in [-0.2, 0) is 16.1 Å². The van der Waals surface area contributed by atoms with Gasteiger partial charge in [-0.2, -0.15) is 0 Å². The van der Waals surface area contributed by atoms with Crippen molar-refractivity contribution in [2.24, 2.45) is 35.0 Å². The van der Waals surface area contributed by atoms with Crippen molar-refractivity contribution in [2.45, 2.75) is 96.6 Å².